The summed E-state index contributed by atoms with van der Waals surface area (Å²) in [6, 6.07) is 14.5. The van der Waals surface area contributed by atoms with Crippen molar-refractivity contribution in [1.82, 2.24) is 10.7 Å². The molecule has 164 valence electrons. The molecule has 1 fully saturated rings. The first-order valence-corrected chi connectivity index (χ1v) is 10.2. The van der Waals surface area contributed by atoms with E-state index < -0.39 is 0 Å². The summed E-state index contributed by atoms with van der Waals surface area (Å²) >= 11 is 0. The lowest BCUT2D eigenvalue weighted by Crippen LogP contribution is -2.35. The zero-order valence-corrected chi connectivity index (χ0v) is 17.5. The standard InChI is InChI=1S/C23H27N3O5/c1-17-5-2-3-7-21(17)31-16-23(28)26-25-13-18-8-10-19(11-9-18)30-15-22(27)24-14-20-6-4-12-29-20/h2-3,5,7-11,13,20H,4,6,12,14-16H2,1H3,(H,24,27)(H,26,28)/b25-13-/t20-/m1/s1. The van der Waals surface area contributed by atoms with Crippen molar-refractivity contribution >= 4 is 18.0 Å². The maximum absolute atomic E-state index is 11.8. The van der Waals surface area contributed by atoms with Gasteiger partial charge in [-0.3, -0.25) is 9.59 Å². The Morgan fingerprint density at radius 2 is 1.87 bits per heavy atom. The van der Waals surface area contributed by atoms with Gasteiger partial charge in [0.2, 0.25) is 0 Å². The third-order valence-electron chi connectivity index (χ3n) is 4.66. The SMILES string of the molecule is Cc1ccccc1OCC(=O)N/N=C\c1ccc(OCC(=O)NC[C@H]2CCCO2)cc1. The van der Waals surface area contributed by atoms with Gasteiger partial charge in [0.25, 0.3) is 11.8 Å². The van der Waals surface area contributed by atoms with Crippen LogP contribution < -0.4 is 20.2 Å². The summed E-state index contributed by atoms with van der Waals surface area (Å²) in [5.41, 5.74) is 4.16. The Kier molecular flexibility index (Phi) is 8.42. The Hall–Kier alpha value is -3.39. The van der Waals surface area contributed by atoms with Crippen molar-refractivity contribution in [3.8, 4) is 11.5 Å². The molecule has 0 bridgehead atoms. The highest BCUT2D eigenvalue weighted by atomic mass is 16.5. The molecule has 31 heavy (non-hydrogen) atoms. The van der Waals surface area contributed by atoms with Gasteiger partial charge in [0, 0.05) is 13.2 Å². The summed E-state index contributed by atoms with van der Waals surface area (Å²) in [7, 11) is 0. The average Bonchev–Trinajstić information content (AvgIpc) is 3.30. The topological polar surface area (TPSA) is 98.3 Å². The monoisotopic (exact) mass is 425 g/mol. The number of para-hydroxylation sites is 1. The van der Waals surface area contributed by atoms with Gasteiger partial charge in [-0.15, -0.1) is 0 Å². The van der Waals surface area contributed by atoms with Gasteiger partial charge in [0.15, 0.2) is 13.2 Å². The van der Waals surface area contributed by atoms with Crippen LogP contribution in [0.3, 0.4) is 0 Å². The largest absolute Gasteiger partial charge is 0.484 e. The molecule has 0 saturated carbocycles. The van der Waals surface area contributed by atoms with E-state index in [9.17, 15) is 9.59 Å². The van der Waals surface area contributed by atoms with E-state index in [0.717, 1.165) is 30.6 Å². The third-order valence-corrected chi connectivity index (χ3v) is 4.66. The molecule has 0 spiro atoms. The molecule has 0 aromatic heterocycles. The number of ether oxygens (including phenoxy) is 3. The summed E-state index contributed by atoms with van der Waals surface area (Å²) in [6.45, 7) is 3.01. The zero-order valence-electron chi connectivity index (χ0n) is 17.5. The van der Waals surface area contributed by atoms with E-state index >= 15 is 0 Å². The second-order valence-electron chi connectivity index (χ2n) is 7.14. The third kappa shape index (κ3) is 7.75. The first-order valence-electron chi connectivity index (χ1n) is 10.2. The molecule has 1 saturated heterocycles. The Morgan fingerprint density at radius 3 is 2.61 bits per heavy atom. The summed E-state index contributed by atoms with van der Waals surface area (Å²) in [5, 5.41) is 6.73. The van der Waals surface area contributed by atoms with E-state index in [1.165, 1.54) is 6.21 Å². The van der Waals surface area contributed by atoms with E-state index in [0.29, 0.717) is 18.0 Å². The Labute approximate surface area is 181 Å². The summed E-state index contributed by atoms with van der Waals surface area (Å²) in [4.78, 5) is 23.7. The van der Waals surface area contributed by atoms with Gasteiger partial charge in [-0.2, -0.15) is 5.10 Å². The van der Waals surface area contributed by atoms with E-state index in [4.69, 9.17) is 14.2 Å². The predicted molar refractivity (Wildman–Crippen MR) is 116 cm³/mol. The zero-order chi connectivity index (χ0) is 21.9. The van der Waals surface area contributed by atoms with Gasteiger partial charge in [-0.05, 0) is 61.2 Å². The first kappa shape index (κ1) is 22.3. The van der Waals surface area contributed by atoms with Crippen LogP contribution >= 0.6 is 0 Å². The molecule has 2 amide bonds. The van der Waals surface area contributed by atoms with Crippen LogP contribution in [0.15, 0.2) is 53.6 Å². The number of carbonyl (C=O) groups excluding carboxylic acids is 2. The average molecular weight is 425 g/mol. The van der Waals surface area contributed by atoms with Gasteiger partial charge in [0.05, 0.1) is 12.3 Å². The Balaban J connectivity index is 1.34. The maximum Gasteiger partial charge on any atom is 0.277 e. The van der Waals surface area contributed by atoms with Crippen molar-refractivity contribution in [2.75, 3.05) is 26.4 Å². The number of hydrogen-bond acceptors (Lipinski definition) is 6. The molecule has 3 rings (SSSR count). The van der Waals surface area contributed by atoms with Crippen LogP contribution in [0.2, 0.25) is 0 Å². The van der Waals surface area contributed by atoms with E-state index in [-0.39, 0.29) is 31.1 Å². The number of amides is 2. The van der Waals surface area contributed by atoms with Crippen molar-refractivity contribution in [1.29, 1.82) is 0 Å². The molecule has 1 aliphatic heterocycles. The van der Waals surface area contributed by atoms with Gasteiger partial charge < -0.3 is 19.5 Å². The van der Waals surface area contributed by atoms with Crippen molar-refractivity contribution in [2.24, 2.45) is 5.10 Å². The summed E-state index contributed by atoms with van der Waals surface area (Å²) in [5.74, 6) is 0.697. The predicted octanol–water partition coefficient (Wildman–Crippen LogP) is 2.20. The number of aryl methyl sites for hydroxylation is 1. The fraction of sp³-hybridized carbons (Fsp3) is 0.348. The minimum atomic E-state index is -0.353. The molecule has 2 aromatic carbocycles. The number of nitrogens with one attached hydrogen (secondary N) is 2. The number of benzene rings is 2. The number of hydrogen-bond donors (Lipinski definition) is 2. The summed E-state index contributed by atoms with van der Waals surface area (Å²) in [6.07, 6.45) is 3.64. The van der Waals surface area contributed by atoms with Gasteiger partial charge >= 0.3 is 0 Å². The molecule has 2 aromatic rings. The molecular formula is C23H27N3O5. The maximum atomic E-state index is 11.8. The molecule has 1 heterocycles. The van der Waals surface area contributed by atoms with Crippen molar-refractivity contribution < 1.29 is 23.8 Å². The number of carbonyl (C=O) groups is 2. The molecule has 2 N–H and O–H groups in total. The van der Waals surface area contributed by atoms with Gasteiger partial charge in [-0.25, -0.2) is 5.43 Å². The van der Waals surface area contributed by atoms with Crippen molar-refractivity contribution in [3.63, 3.8) is 0 Å². The second-order valence-corrected chi connectivity index (χ2v) is 7.14. The number of hydrazone groups is 1. The second kappa shape index (κ2) is 11.7. The minimum absolute atomic E-state index is 0.0584. The normalized spacial score (nSPS) is 15.6. The molecule has 0 aliphatic carbocycles. The van der Waals surface area contributed by atoms with Gasteiger partial charge in [-0.1, -0.05) is 18.2 Å². The van der Waals surface area contributed by atoms with Crippen LogP contribution in [0.25, 0.3) is 0 Å². The molecule has 1 atom stereocenters. The van der Waals surface area contributed by atoms with Crippen LogP contribution in [0.4, 0.5) is 0 Å². The lowest BCUT2D eigenvalue weighted by molar-refractivity contribution is -0.124. The van der Waals surface area contributed by atoms with E-state index in [1.54, 1.807) is 24.3 Å². The molecular weight excluding hydrogens is 398 g/mol. The summed E-state index contributed by atoms with van der Waals surface area (Å²) < 4.78 is 16.4. The quantitative estimate of drug-likeness (QED) is 0.449. The fourth-order valence-corrected chi connectivity index (χ4v) is 2.96. The van der Waals surface area contributed by atoms with Crippen LogP contribution in [0.5, 0.6) is 11.5 Å². The highest BCUT2D eigenvalue weighted by Gasteiger charge is 2.16. The van der Waals surface area contributed by atoms with Crippen LogP contribution in [0, 0.1) is 6.92 Å². The smallest absolute Gasteiger partial charge is 0.277 e. The Morgan fingerprint density at radius 1 is 1.10 bits per heavy atom. The van der Waals surface area contributed by atoms with Crippen LogP contribution in [0.1, 0.15) is 24.0 Å². The number of rotatable bonds is 10. The molecule has 8 heteroatoms. The molecule has 8 nitrogen and oxygen atoms in total. The number of nitrogens with zero attached hydrogens (tertiary/aromatic N) is 1. The van der Waals surface area contributed by atoms with Crippen molar-refractivity contribution in [3.05, 3.63) is 59.7 Å². The first-order chi connectivity index (χ1) is 15.1. The lowest BCUT2D eigenvalue weighted by Gasteiger charge is -2.11. The Bertz CT molecular complexity index is 892. The highest BCUT2D eigenvalue weighted by molar-refractivity contribution is 5.83. The molecule has 0 unspecified atom stereocenters. The fourth-order valence-electron chi connectivity index (χ4n) is 2.96. The van der Waals surface area contributed by atoms with Crippen molar-refractivity contribution in [2.45, 2.75) is 25.9 Å². The highest BCUT2D eigenvalue weighted by Crippen LogP contribution is 2.15. The van der Waals surface area contributed by atoms with E-state index in [1.807, 2.05) is 31.2 Å². The van der Waals surface area contributed by atoms with Crippen LogP contribution in [-0.2, 0) is 14.3 Å². The molecule has 1 aliphatic rings. The van der Waals surface area contributed by atoms with Gasteiger partial charge in [0.1, 0.15) is 11.5 Å². The minimum Gasteiger partial charge on any atom is -0.484 e. The van der Waals surface area contributed by atoms with E-state index in [2.05, 4.69) is 15.8 Å². The lowest BCUT2D eigenvalue weighted by atomic mass is 10.2. The molecule has 0 radical (unpaired) electrons. The van der Waals surface area contributed by atoms with Crippen LogP contribution in [-0.4, -0.2) is 50.5 Å².